The van der Waals surface area contributed by atoms with Crippen LogP contribution in [0.4, 0.5) is 0 Å². The van der Waals surface area contributed by atoms with E-state index in [1.807, 2.05) is 13.0 Å². The van der Waals surface area contributed by atoms with Crippen LogP contribution in [-0.2, 0) is 16.4 Å². The highest BCUT2D eigenvalue weighted by Crippen LogP contribution is 2.21. The minimum Gasteiger partial charge on any atom is -0.305 e. The zero-order valence-corrected chi connectivity index (χ0v) is 18.5. The maximum atomic E-state index is 13.5. The van der Waals surface area contributed by atoms with Crippen LogP contribution in [0.2, 0.25) is 0 Å². The van der Waals surface area contributed by atoms with Crippen LogP contribution in [0.25, 0.3) is 16.7 Å². The summed E-state index contributed by atoms with van der Waals surface area (Å²) in [5.41, 5.74) is 1.66. The van der Waals surface area contributed by atoms with Crippen LogP contribution in [0.15, 0.2) is 93.8 Å². The van der Waals surface area contributed by atoms with Gasteiger partial charge in [0.2, 0.25) is 9.84 Å². The SMILES string of the molecule is Cc1cccn2c(=O)c3cc(S(=O)(=O)c4ccccc4)c(=N)n(Cc4ccncc4)c3nc12. The fourth-order valence-corrected chi connectivity index (χ4v) is 5.23. The Labute approximate surface area is 188 Å². The van der Waals surface area contributed by atoms with Gasteiger partial charge >= 0.3 is 0 Å². The van der Waals surface area contributed by atoms with Crippen LogP contribution in [0, 0.1) is 12.3 Å². The summed E-state index contributed by atoms with van der Waals surface area (Å²) in [6.07, 6.45) is 4.84. The quantitative estimate of drug-likeness (QED) is 0.417. The summed E-state index contributed by atoms with van der Waals surface area (Å²) in [5.74, 6) is 0. The van der Waals surface area contributed by atoms with Crippen molar-refractivity contribution in [2.24, 2.45) is 0 Å². The van der Waals surface area contributed by atoms with Crippen molar-refractivity contribution in [1.29, 1.82) is 5.41 Å². The standard InChI is InChI=1S/C24H19N5O3S/c1-16-6-5-13-28-22(16)27-23-19(24(28)30)14-20(33(31,32)18-7-3-2-4-8-18)21(25)29(23)15-17-9-11-26-12-10-17/h2-14,25H,15H2,1H3. The topological polar surface area (TPSA) is 110 Å². The maximum Gasteiger partial charge on any atom is 0.267 e. The summed E-state index contributed by atoms with van der Waals surface area (Å²) in [6, 6.07) is 16.3. The third-order valence-electron chi connectivity index (χ3n) is 5.53. The number of rotatable bonds is 4. The molecule has 0 saturated carbocycles. The molecule has 0 atom stereocenters. The summed E-state index contributed by atoms with van der Waals surface area (Å²) in [4.78, 5) is 21.9. The van der Waals surface area contributed by atoms with Gasteiger partial charge in [-0.3, -0.25) is 19.6 Å². The van der Waals surface area contributed by atoms with Gasteiger partial charge in [-0.1, -0.05) is 24.3 Å². The van der Waals surface area contributed by atoms with E-state index in [2.05, 4.69) is 9.97 Å². The summed E-state index contributed by atoms with van der Waals surface area (Å²) in [6.45, 7) is 2.00. The minimum absolute atomic E-state index is 0.0537. The van der Waals surface area contributed by atoms with Crippen molar-refractivity contribution >= 4 is 26.5 Å². The molecule has 1 N–H and O–H groups in total. The first-order valence-corrected chi connectivity index (χ1v) is 11.7. The van der Waals surface area contributed by atoms with Crippen molar-refractivity contribution in [3.8, 4) is 0 Å². The maximum absolute atomic E-state index is 13.5. The van der Waals surface area contributed by atoms with E-state index in [-0.39, 0.29) is 32.9 Å². The molecule has 0 saturated heterocycles. The van der Waals surface area contributed by atoms with Gasteiger partial charge in [0.05, 0.1) is 16.8 Å². The fourth-order valence-electron chi connectivity index (χ4n) is 3.83. The molecule has 8 nitrogen and oxygen atoms in total. The van der Waals surface area contributed by atoms with E-state index in [1.165, 1.54) is 27.2 Å². The zero-order valence-electron chi connectivity index (χ0n) is 17.6. The van der Waals surface area contributed by atoms with Crippen LogP contribution in [0.3, 0.4) is 0 Å². The van der Waals surface area contributed by atoms with Crippen molar-refractivity contribution < 1.29 is 8.42 Å². The Kier molecular flexibility index (Phi) is 4.90. The van der Waals surface area contributed by atoms with Crippen molar-refractivity contribution in [2.45, 2.75) is 23.3 Å². The number of hydrogen-bond donors (Lipinski definition) is 1. The number of fused-ring (bicyclic) bond motifs is 2. The lowest BCUT2D eigenvalue weighted by molar-refractivity contribution is 0.591. The largest absolute Gasteiger partial charge is 0.305 e. The average Bonchev–Trinajstić information content (AvgIpc) is 2.83. The van der Waals surface area contributed by atoms with Gasteiger partial charge in [0, 0.05) is 18.6 Å². The van der Waals surface area contributed by atoms with Crippen LogP contribution in [0.5, 0.6) is 0 Å². The van der Waals surface area contributed by atoms with Gasteiger partial charge in [0.25, 0.3) is 5.56 Å². The zero-order chi connectivity index (χ0) is 23.2. The molecular weight excluding hydrogens is 438 g/mol. The molecule has 0 aliphatic heterocycles. The summed E-state index contributed by atoms with van der Waals surface area (Å²) >= 11 is 0. The smallest absolute Gasteiger partial charge is 0.267 e. The lowest BCUT2D eigenvalue weighted by Crippen LogP contribution is -2.30. The highest BCUT2D eigenvalue weighted by molar-refractivity contribution is 7.91. The molecule has 0 fully saturated rings. The molecule has 0 unspecified atom stereocenters. The van der Waals surface area contributed by atoms with Crippen molar-refractivity contribution in [3.05, 3.63) is 106 Å². The Bertz CT molecular complexity index is 1740. The van der Waals surface area contributed by atoms with E-state index in [0.29, 0.717) is 5.65 Å². The molecule has 0 bridgehead atoms. The van der Waals surface area contributed by atoms with Crippen LogP contribution >= 0.6 is 0 Å². The molecule has 0 amide bonds. The highest BCUT2D eigenvalue weighted by Gasteiger charge is 2.24. The number of sulfone groups is 1. The molecule has 0 radical (unpaired) electrons. The second-order valence-electron chi connectivity index (χ2n) is 7.65. The van der Waals surface area contributed by atoms with Crippen molar-refractivity contribution in [1.82, 2.24) is 18.9 Å². The third kappa shape index (κ3) is 3.42. The summed E-state index contributed by atoms with van der Waals surface area (Å²) in [5, 5.41) is 8.96. The minimum atomic E-state index is -4.05. The Morgan fingerprint density at radius 3 is 2.42 bits per heavy atom. The van der Waals surface area contributed by atoms with Gasteiger partial charge in [0.15, 0.2) is 0 Å². The molecule has 164 valence electrons. The van der Waals surface area contributed by atoms with E-state index in [4.69, 9.17) is 5.41 Å². The predicted octanol–water partition coefficient (Wildman–Crippen LogP) is 2.71. The first kappa shape index (κ1) is 20.8. The fraction of sp³-hybridized carbons (Fsp3) is 0.0833. The van der Waals surface area contributed by atoms with Gasteiger partial charge in [0.1, 0.15) is 21.7 Å². The summed E-state index contributed by atoms with van der Waals surface area (Å²) < 4.78 is 29.8. The Hall–Kier alpha value is -4.11. The van der Waals surface area contributed by atoms with Crippen molar-refractivity contribution in [3.63, 3.8) is 0 Å². The molecule has 0 aliphatic rings. The normalized spacial score (nSPS) is 11.8. The lowest BCUT2D eigenvalue weighted by Gasteiger charge is -2.15. The molecule has 1 aromatic carbocycles. The molecular formula is C24H19N5O3S. The first-order valence-electron chi connectivity index (χ1n) is 10.2. The Balaban J connectivity index is 1.91. The molecule has 4 heterocycles. The highest BCUT2D eigenvalue weighted by atomic mass is 32.2. The second kappa shape index (κ2) is 7.79. The van der Waals surface area contributed by atoms with Gasteiger partial charge in [-0.05, 0) is 54.4 Å². The van der Waals surface area contributed by atoms with Crippen LogP contribution in [0.1, 0.15) is 11.1 Å². The van der Waals surface area contributed by atoms with E-state index in [9.17, 15) is 13.2 Å². The van der Waals surface area contributed by atoms with Gasteiger partial charge in [-0.15, -0.1) is 0 Å². The second-order valence-corrected chi connectivity index (χ2v) is 9.57. The monoisotopic (exact) mass is 457 g/mol. The summed E-state index contributed by atoms with van der Waals surface area (Å²) in [7, 11) is -4.05. The number of pyridine rings is 3. The number of aryl methyl sites for hydroxylation is 1. The molecule has 0 aliphatic carbocycles. The number of hydrogen-bond acceptors (Lipinski definition) is 6. The lowest BCUT2D eigenvalue weighted by atomic mass is 10.2. The Morgan fingerprint density at radius 2 is 1.70 bits per heavy atom. The van der Waals surface area contributed by atoms with E-state index < -0.39 is 15.4 Å². The number of nitrogens with zero attached hydrogens (tertiary/aromatic N) is 4. The number of aromatic nitrogens is 4. The van der Waals surface area contributed by atoms with E-state index in [1.54, 1.807) is 55.0 Å². The molecule has 4 aromatic heterocycles. The van der Waals surface area contributed by atoms with Crippen LogP contribution in [-0.4, -0.2) is 27.4 Å². The molecule has 5 rings (SSSR count). The van der Waals surface area contributed by atoms with Gasteiger partial charge in [-0.2, -0.15) is 0 Å². The molecule has 33 heavy (non-hydrogen) atoms. The van der Waals surface area contributed by atoms with Crippen LogP contribution < -0.4 is 11.0 Å². The number of benzene rings is 1. The van der Waals surface area contributed by atoms with Crippen molar-refractivity contribution in [2.75, 3.05) is 0 Å². The van der Waals surface area contributed by atoms with E-state index >= 15 is 0 Å². The van der Waals surface area contributed by atoms with Gasteiger partial charge in [-0.25, -0.2) is 13.4 Å². The average molecular weight is 458 g/mol. The third-order valence-corrected chi connectivity index (χ3v) is 7.31. The molecule has 5 aromatic rings. The van der Waals surface area contributed by atoms with E-state index in [0.717, 1.165) is 11.1 Å². The first-order chi connectivity index (χ1) is 15.9. The number of nitrogens with one attached hydrogen (secondary N) is 1. The molecule has 0 spiro atoms. The molecule has 9 heteroatoms. The predicted molar refractivity (Wildman–Crippen MR) is 123 cm³/mol. The van der Waals surface area contributed by atoms with Gasteiger partial charge < -0.3 is 4.57 Å². The Morgan fingerprint density at radius 1 is 0.970 bits per heavy atom.